The number of carbonyl (C=O) groups is 1. The van der Waals surface area contributed by atoms with Gasteiger partial charge in [-0.2, -0.15) is 0 Å². The number of carboxylic acid groups (broad SMARTS) is 1. The third kappa shape index (κ3) is 8.16. The summed E-state index contributed by atoms with van der Waals surface area (Å²) in [6.45, 7) is 13.4. The fraction of sp³-hybridized carbons (Fsp3) is 0.769. The highest BCUT2D eigenvalue weighted by Gasteiger charge is 2.24. The first-order chi connectivity index (χ1) is 7.78. The van der Waals surface area contributed by atoms with E-state index in [9.17, 15) is 4.79 Å². The summed E-state index contributed by atoms with van der Waals surface area (Å²) in [5.74, 6) is -1.11. The number of rotatable bonds is 9. The second-order valence-corrected chi connectivity index (χ2v) is 11.5. The molecule has 0 radical (unpaired) electrons. The van der Waals surface area contributed by atoms with Crippen LogP contribution in [0.4, 0.5) is 0 Å². The van der Waals surface area contributed by atoms with Gasteiger partial charge in [-0.1, -0.05) is 32.6 Å². The number of aliphatic carboxylic acids is 1. The Balaban J connectivity index is 4.02. The molecule has 0 amide bonds. The zero-order valence-electron chi connectivity index (χ0n) is 11.5. The standard InChI is InChI=1S/C13H26O3Si/c1-6-7-11(2)12(13(14)15)10-16-8-9-17(3,4)5/h6,11-12H,1,7-10H2,2-5H3,(H,14,15)/t11-,12+/m0/s1. The average Bonchev–Trinajstić information content (AvgIpc) is 2.15. The van der Waals surface area contributed by atoms with Crippen LogP contribution in [0.1, 0.15) is 13.3 Å². The summed E-state index contributed by atoms with van der Waals surface area (Å²) in [6, 6.07) is 1.08. The van der Waals surface area contributed by atoms with Crippen LogP contribution in [0, 0.1) is 11.8 Å². The van der Waals surface area contributed by atoms with Gasteiger partial charge in [0.1, 0.15) is 0 Å². The molecule has 0 heterocycles. The molecule has 0 fully saturated rings. The minimum atomic E-state index is -1.09. The van der Waals surface area contributed by atoms with Crippen LogP contribution in [0.5, 0.6) is 0 Å². The largest absolute Gasteiger partial charge is 0.481 e. The molecule has 0 aromatic rings. The van der Waals surface area contributed by atoms with Gasteiger partial charge in [0, 0.05) is 14.7 Å². The topological polar surface area (TPSA) is 46.5 Å². The summed E-state index contributed by atoms with van der Waals surface area (Å²) in [4.78, 5) is 11.1. The Morgan fingerprint density at radius 1 is 1.47 bits per heavy atom. The molecule has 100 valence electrons. The van der Waals surface area contributed by atoms with E-state index in [0.29, 0.717) is 19.6 Å². The molecule has 0 aromatic heterocycles. The summed E-state index contributed by atoms with van der Waals surface area (Å²) >= 11 is 0. The van der Waals surface area contributed by atoms with Crippen LogP contribution >= 0.6 is 0 Å². The molecular weight excluding hydrogens is 232 g/mol. The molecular formula is C13H26O3Si. The summed E-state index contributed by atoms with van der Waals surface area (Å²) in [6.07, 6.45) is 2.48. The molecule has 0 saturated heterocycles. The van der Waals surface area contributed by atoms with Gasteiger partial charge in [-0.15, -0.1) is 6.58 Å². The summed E-state index contributed by atoms with van der Waals surface area (Å²) in [5.41, 5.74) is 0. The molecule has 0 aliphatic rings. The van der Waals surface area contributed by atoms with Crippen molar-refractivity contribution in [3.8, 4) is 0 Å². The van der Waals surface area contributed by atoms with E-state index in [4.69, 9.17) is 9.84 Å². The summed E-state index contributed by atoms with van der Waals surface area (Å²) in [5, 5.41) is 9.12. The monoisotopic (exact) mass is 258 g/mol. The van der Waals surface area contributed by atoms with Crippen LogP contribution in [0.25, 0.3) is 0 Å². The first-order valence-corrected chi connectivity index (χ1v) is 9.90. The molecule has 0 unspecified atom stereocenters. The van der Waals surface area contributed by atoms with Gasteiger partial charge in [0.25, 0.3) is 0 Å². The van der Waals surface area contributed by atoms with E-state index in [-0.39, 0.29) is 5.92 Å². The smallest absolute Gasteiger partial charge is 0.309 e. The zero-order valence-corrected chi connectivity index (χ0v) is 12.5. The summed E-state index contributed by atoms with van der Waals surface area (Å²) < 4.78 is 5.52. The van der Waals surface area contributed by atoms with E-state index < -0.39 is 20.0 Å². The number of hydrogen-bond acceptors (Lipinski definition) is 2. The van der Waals surface area contributed by atoms with Crippen molar-refractivity contribution in [2.45, 2.75) is 39.0 Å². The van der Waals surface area contributed by atoms with Gasteiger partial charge in [0.05, 0.1) is 12.5 Å². The van der Waals surface area contributed by atoms with Crippen LogP contribution in [0.3, 0.4) is 0 Å². The average molecular weight is 258 g/mol. The highest BCUT2D eigenvalue weighted by Crippen LogP contribution is 2.17. The molecule has 17 heavy (non-hydrogen) atoms. The lowest BCUT2D eigenvalue weighted by atomic mass is 9.92. The van der Waals surface area contributed by atoms with E-state index in [0.717, 1.165) is 6.04 Å². The van der Waals surface area contributed by atoms with Crippen LogP contribution in [0.2, 0.25) is 25.7 Å². The number of ether oxygens (including phenoxy) is 1. The van der Waals surface area contributed by atoms with Crippen LogP contribution in [0.15, 0.2) is 12.7 Å². The molecule has 1 N–H and O–H groups in total. The van der Waals surface area contributed by atoms with Crippen molar-refractivity contribution >= 4 is 14.0 Å². The van der Waals surface area contributed by atoms with Crippen LogP contribution in [-0.4, -0.2) is 32.4 Å². The van der Waals surface area contributed by atoms with Crippen molar-refractivity contribution in [1.82, 2.24) is 0 Å². The van der Waals surface area contributed by atoms with Crippen LogP contribution in [-0.2, 0) is 9.53 Å². The van der Waals surface area contributed by atoms with Gasteiger partial charge >= 0.3 is 5.97 Å². The Morgan fingerprint density at radius 3 is 2.47 bits per heavy atom. The van der Waals surface area contributed by atoms with E-state index in [1.54, 1.807) is 6.08 Å². The van der Waals surface area contributed by atoms with Crippen molar-refractivity contribution in [1.29, 1.82) is 0 Å². The number of hydrogen-bond donors (Lipinski definition) is 1. The lowest BCUT2D eigenvalue weighted by Gasteiger charge is -2.20. The van der Waals surface area contributed by atoms with E-state index in [1.807, 2.05) is 6.92 Å². The first-order valence-electron chi connectivity index (χ1n) is 6.19. The third-order valence-electron chi connectivity index (χ3n) is 2.84. The summed E-state index contributed by atoms with van der Waals surface area (Å²) in [7, 11) is -1.09. The highest BCUT2D eigenvalue weighted by atomic mass is 28.3. The van der Waals surface area contributed by atoms with Crippen molar-refractivity contribution in [3.05, 3.63) is 12.7 Å². The van der Waals surface area contributed by atoms with E-state index in [2.05, 4.69) is 26.2 Å². The molecule has 4 heteroatoms. The minimum absolute atomic E-state index is 0.0804. The number of allylic oxidation sites excluding steroid dienone is 1. The molecule has 0 aliphatic heterocycles. The Bertz CT molecular complexity index is 246. The normalized spacial score (nSPS) is 15.3. The van der Waals surface area contributed by atoms with Crippen molar-refractivity contribution in [2.24, 2.45) is 11.8 Å². The fourth-order valence-electron chi connectivity index (χ4n) is 1.49. The maximum absolute atomic E-state index is 11.1. The van der Waals surface area contributed by atoms with Crippen LogP contribution < -0.4 is 0 Å². The maximum Gasteiger partial charge on any atom is 0.309 e. The Morgan fingerprint density at radius 2 is 2.06 bits per heavy atom. The van der Waals surface area contributed by atoms with E-state index >= 15 is 0 Å². The van der Waals surface area contributed by atoms with Gasteiger partial charge in [-0.25, -0.2) is 0 Å². The quantitative estimate of drug-likeness (QED) is 0.392. The zero-order chi connectivity index (χ0) is 13.5. The molecule has 0 aromatic carbocycles. The lowest BCUT2D eigenvalue weighted by molar-refractivity contribution is -0.145. The molecule has 0 bridgehead atoms. The molecule has 3 nitrogen and oxygen atoms in total. The van der Waals surface area contributed by atoms with Gasteiger partial charge in [-0.05, 0) is 18.4 Å². The Labute approximate surface area is 106 Å². The maximum atomic E-state index is 11.1. The molecule has 0 rings (SSSR count). The Kier molecular flexibility index (Phi) is 7.39. The fourth-order valence-corrected chi connectivity index (χ4v) is 2.25. The second-order valence-electron chi connectivity index (χ2n) is 5.83. The van der Waals surface area contributed by atoms with Gasteiger partial charge < -0.3 is 9.84 Å². The SMILES string of the molecule is C=CC[C@H](C)[C@@H](COCC[Si](C)(C)C)C(=O)O. The predicted molar refractivity (Wildman–Crippen MR) is 74.1 cm³/mol. The van der Waals surface area contributed by atoms with E-state index in [1.165, 1.54) is 0 Å². The lowest BCUT2D eigenvalue weighted by Crippen LogP contribution is -2.28. The predicted octanol–water partition coefficient (Wildman–Crippen LogP) is 3.25. The van der Waals surface area contributed by atoms with Crippen molar-refractivity contribution in [2.75, 3.05) is 13.2 Å². The molecule has 2 atom stereocenters. The number of carboxylic acids is 1. The third-order valence-corrected chi connectivity index (χ3v) is 4.54. The van der Waals surface area contributed by atoms with Gasteiger partial charge in [0.2, 0.25) is 0 Å². The second kappa shape index (κ2) is 7.66. The van der Waals surface area contributed by atoms with Gasteiger partial charge in [0.15, 0.2) is 0 Å². The Hall–Kier alpha value is -0.613. The molecule has 0 saturated carbocycles. The van der Waals surface area contributed by atoms with Gasteiger partial charge in [-0.3, -0.25) is 4.79 Å². The van der Waals surface area contributed by atoms with Crippen molar-refractivity contribution < 1.29 is 14.6 Å². The van der Waals surface area contributed by atoms with Crippen molar-refractivity contribution in [3.63, 3.8) is 0 Å². The molecule has 0 aliphatic carbocycles. The minimum Gasteiger partial charge on any atom is -0.481 e. The molecule has 0 spiro atoms. The first kappa shape index (κ1) is 16.4. The highest BCUT2D eigenvalue weighted by molar-refractivity contribution is 6.76.